The second-order valence-electron chi connectivity index (χ2n) is 4.30. The van der Waals surface area contributed by atoms with Crippen molar-refractivity contribution in [2.75, 3.05) is 0 Å². The molecule has 100 valence electrons. The lowest BCUT2D eigenvalue weighted by Crippen LogP contribution is -1.96. The van der Waals surface area contributed by atoms with E-state index in [2.05, 4.69) is 35.9 Å². The van der Waals surface area contributed by atoms with Crippen molar-refractivity contribution in [3.8, 4) is 22.9 Å². The van der Waals surface area contributed by atoms with Gasteiger partial charge >= 0.3 is 0 Å². The minimum atomic E-state index is 0.570. The van der Waals surface area contributed by atoms with E-state index >= 15 is 0 Å². The van der Waals surface area contributed by atoms with Crippen LogP contribution in [-0.4, -0.2) is 19.9 Å². The van der Waals surface area contributed by atoms with E-state index in [4.69, 9.17) is 11.6 Å². The maximum Gasteiger partial charge on any atom is 0.196 e. The summed E-state index contributed by atoms with van der Waals surface area (Å²) in [6, 6.07) is 9.50. The highest BCUT2D eigenvalue weighted by Gasteiger charge is 2.09. The molecule has 4 nitrogen and oxygen atoms in total. The molecule has 0 bridgehead atoms. The van der Waals surface area contributed by atoms with Gasteiger partial charge in [0.05, 0.1) is 5.69 Å². The Balaban J connectivity index is 2.09. The first-order valence-corrected chi connectivity index (χ1v) is 7.12. The van der Waals surface area contributed by atoms with Gasteiger partial charge in [0.2, 0.25) is 0 Å². The Morgan fingerprint density at radius 3 is 2.50 bits per heavy atom. The van der Waals surface area contributed by atoms with Gasteiger partial charge in [0.1, 0.15) is 4.60 Å². The summed E-state index contributed by atoms with van der Waals surface area (Å²) in [7, 11) is 0. The van der Waals surface area contributed by atoms with Crippen LogP contribution in [0.1, 0.15) is 5.69 Å². The van der Waals surface area contributed by atoms with Crippen LogP contribution in [0.5, 0.6) is 0 Å². The lowest BCUT2D eigenvalue weighted by molar-refractivity contribution is 1.08. The third-order valence-electron chi connectivity index (χ3n) is 2.75. The zero-order valence-electron chi connectivity index (χ0n) is 10.6. The number of aromatic amines is 1. The standard InChI is InChI=1S/C14H10BrClN4/c1-8-6-11(9-2-4-10(16)5-3-9)19-14(18-8)13-17-7-12(15)20-13/h2-7H,1H3,(H,17,20). The SMILES string of the molecule is Cc1cc(-c2ccc(Cl)cc2)nc(-c2nc(Br)c[nH]2)n1. The van der Waals surface area contributed by atoms with Crippen LogP contribution in [-0.2, 0) is 0 Å². The quantitative estimate of drug-likeness (QED) is 0.752. The first-order valence-electron chi connectivity index (χ1n) is 5.95. The molecule has 3 aromatic rings. The van der Waals surface area contributed by atoms with Crippen molar-refractivity contribution in [3.63, 3.8) is 0 Å². The molecule has 0 saturated heterocycles. The Morgan fingerprint density at radius 1 is 1.10 bits per heavy atom. The van der Waals surface area contributed by atoms with Gasteiger partial charge in [-0.15, -0.1) is 0 Å². The summed E-state index contributed by atoms with van der Waals surface area (Å²) in [5, 5.41) is 0.703. The summed E-state index contributed by atoms with van der Waals surface area (Å²) in [6.07, 6.45) is 1.75. The third kappa shape index (κ3) is 2.73. The molecule has 0 aliphatic carbocycles. The molecule has 0 spiro atoms. The number of imidazole rings is 1. The zero-order valence-corrected chi connectivity index (χ0v) is 12.9. The van der Waals surface area contributed by atoms with Crippen molar-refractivity contribution in [2.45, 2.75) is 6.92 Å². The number of H-pyrrole nitrogens is 1. The van der Waals surface area contributed by atoms with Gasteiger partial charge in [-0.25, -0.2) is 15.0 Å². The Labute approximate surface area is 129 Å². The average Bonchev–Trinajstić information content (AvgIpc) is 2.85. The van der Waals surface area contributed by atoms with Gasteiger partial charge in [0.25, 0.3) is 0 Å². The van der Waals surface area contributed by atoms with Gasteiger partial charge in [-0.2, -0.15) is 0 Å². The Kier molecular flexibility index (Phi) is 3.54. The van der Waals surface area contributed by atoms with Gasteiger partial charge in [-0.05, 0) is 41.1 Å². The van der Waals surface area contributed by atoms with E-state index in [0.717, 1.165) is 21.6 Å². The maximum atomic E-state index is 5.91. The highest BCUT2D eigenvalue weighted by molar-refractivity contribution is 9.10. The third-order valence-corrected chi connectivity index (χ3v) is 3.41. The predicted molar refractivity (Wildman–Crippen MR) is 82.5 cm³/mol. The molecule has 0 aliphatic heterocycles. The molecule has 0 unspecified atom stereocenters. The van der Waals surface area contributed by atoms with E-state index in [1.165, 1.54) is 0 Å². The highest BCUT2D eigenvalue weighted by atomic mass is 79.9. The number of rotatable bonds is 2. The molecule has 2 heterocycles. The molecule has 2 aromatic heterocycles. The Bertz CT molecular complexity index is 752. The summed E-state index contributed by atoms with van der Waals surface area (Å²) in [5.74, 6) is 1.21. The zero-order chi connectivity index (χ0) is 14.1. The van der Waals surface area contributed by atoms with Gasteiger partial charge in [-0.1, -0.05) is 23.7 Å². The van der Waals surface area contributed by atoms with E-state index in [1.807, 2.05) is 37.3 Å². The maximum absolute atomic E-state index is 5.91. The van der Waals surface area contributed by atoms with Gasteiger partial charge in [0, 0.05) is 22.5 Å². The lowest BCUT2D eigenvalue weighted by atomic mass is 10.1. The van der Waals surface area contributed by atoms with Crippen LogP contribution in [0.4, 0.5) is 0 Å². The smallest absolute Gasteiger partial charge is 0.196 e. The molecule has 3 rings (SSSR count). The fourth-order valence-electron chi connectivity index (χ4n) is 1.86. The number of aromatic nitrogens is 4. The van der Waals surface area contributed by atoms with Crippen molar-refractivity contribution in [1.82, 2.24) is 19.9 Å². The molecule has 0 aliphatic rings. The van der Waals surface area contributed by atoms with Gasteiger partial charge in [0.15, 0.2) is 11.6 Å². The molecule has 0 fully saturated rings. The summed E-state index contributed by atoms with van der Waals surface area (Å²) >= 11 is 9.21. The van der Waals surface area contributed by atoms with Gasteiger partial charge in [-0.3, -0.25) is 0 Å². The second-order valence-corrected chi connectivity index (χ2v) is 5.55. The van der Waals surface area contributed by atoms with Gasteiger partial charge < -0.3 is 4.98 Å². The van der Waals surface area contributed by atoms with E-state index in [-0.39, 0.29) is 0 Å². The molecule has 0 atom stereocenters. The monoisotopic (exact) mass is 348 g/mol. The van der Waals surface area contributed by atoms with Crippen LogP contribution in [0, 0.1) is 6.92 Å². The number of hydrogen-bond donors (Lipinski definition) is 1. The topological polar surface area (TPSA) is 54.5 Å². The normalized spacial score (nSPS) is 10.8. The summed E-state index contributed by atoms with van der Waals surface area (Å²) in [4.78, 5) is 16.3. The lowest BCUT2D eigenvalue weighted by Gasteiger charge is -2.05. The molecule has 0 amide bonds. The van der Waals surface area contributed by atoms with E-state index in [0.29, 0.717) is 16.7 Å². The molecule has 1 N–H and O–H groups in total. The number of nitrogens with one attached hydrogen (secondary N) is 1. The average molecular weight is 350 g/mol. The second kappa shape index (κ2) is 5.34. The van der Waals surface area contributed by atoms with Crippen LogP contribution in [0.3, 0.4) is 0 Å². The van der Waals surface area contributed by atoms with Crippen molar-refractivity contribution >= 4 is 27.5 Å². The minimum absolute atomic E-state index is 0.570. The molecule has 0 saturated carbocycles. The van der Waals surface area contributed by atoms with Crippen molar-refractivity contribution in [1.29, 1.82) is 0 Å². The Morgan fingerprint density at radius 2 is 1.85 bits per heavy atom. The summed E-state index contributed by atoms with van der Waals surface area (Å²) in [5.41, 5.74) is 2.72. The fourth-order valence-corrected chi connectivity index (χ4v) is 2.27. The molecule has 6 heteroatoms. The number of halogens is 2. The van der Waals surface area contributed by atoms with Crippen molar-refractivity contribution < 1.29 is 0 Å². The molecule has 1 aromatic carbocycles. The predicted octanol–water partition coefficient (Wildman–Crippen LogP) is 4.26. The van der Waals surface area contributed by atoms with Crippen LogP contribution in [0.15, 0.2) is 41.1 Å². The van der Waals surface area contributed by atoms with Crippen LogP contribution in [0.2, 0.25) is 5.02 Å². The number of benzene rings is 1. The Hall–Kier alpha value is -1.72. The van der Waals surface area contributed by atoms with Crippen LogP contribution < -0.4 is 0 Å². The van der Waals surface area contributed by atoms with E-state index in [1.54, 1.807) is 6.20 Å². The number of nitrogens with zero attached hydrogens (tertiary/aromatic N) is 3. The summed E-state index contributed by atoms with van der Waals surface area (Å²) in [6.45, 7) is 1.93. The highest BCUT2D eigenvalue weighted by Crippen LogP contribution is 2.23. The molecular weight excluding hydrogens is 340 g/mol. The largest absolute Gasteiger partial charge is 0.341 e. The van der Waals surface area contributed by atoms with E-state index in [9.17, 15) is 0 Å². The van der Waals surface area contributed by atoms with E-state index < -0.39 is 0 Å². The van der Waals surface area contributed by atoms with Crippen LogP contribution in [0.25, 0.3) is 22.9 Å². The fraction of sp³-hybridized carbons (Fsp3) is 0.0714. The molecule has 0 radical (unpaired) electrons. The molecule has 20 heavy (non-hydrogen) atoms. The van der Waals surface area contributed by atoms with Crippen molar-refractivity contribution in [3.05, 3.63) is 51.8 Å². The van der Waals surface area contributed by atoms with Crippen molar-refractivity contribution in [2.24, 2.45) is 0 Å². The summed E-state index contributed by atoms with van der Waals surface area (Å²) < 4.78 is 0.727. The minimum Gasteiger partial charge on any atom is -0.341 e. The number of hydrogen-bond acceptors (Lipinski definition) is 3. The molecular formula is C14H10BrClN4. The number of aryl methyl sites for hydroxylation is 1. The first-order chi connectivity index (χ1) is 9.61. The van der Waals surface area contributed by atoms with Crippen LogP contribution >= 0.6 is 27.5 Å². The first kappa shape index (κ1) is 13.3.